The zero-order valence-corrected chi connectivity index (χ0v) is 11.1. The Morgan fingerprint density at radius 2 is 1.80 bits per heavy atom. The summed E-state index contributed by atoms with van der Waals surface area (Å²) in [7, 11) is 1.88. The SMILES string of the molecule is CNc1cccc(C(N)c2ccc3[nH]c(=O)[nH]c3c2)c1. The molecule has 1 atom stereocenters. The maximum Gasteiger partial charge on any atom is 0.323 e. The number of hydrogen-bond donors (Lipinski definition) is 4. The van der Waals surface area contributed by atoms with Gasteiger partial charge in [-0.2, -0.15) is 0 Å². The zero-order chi connectivity index (χ0) is 14.1. The van der Waals surface area contributed by atoms with Crippen LogP contribution < -0.4 is 16.7 Å². The second-order valence-corrected chi connectivity index (χ2v) is 4.74. The Kier molecular flexibility index (Phi) is 3.04. The summed E-state index contributed by atoms with van der Waals surface area (Å²) in [6.45, 7) is 0. The summed E-state index contributed by atoms with van der Waals surface area (Å²) >= 11 is 0. The quantitative estimate of drug-likeness (QED) is 0.585. The van der Waals surface area contributed by atoms with Crippen molar-refractivity contribution in [2.24, 2.45) is 5.73 Å². The van der Waals surface area contributed by atoms with Gasteiger partial charge in [0.25, 0.3) is 0 Å². The number of benzene rings is 2. The van der Waals surface area contributed by atoms with Gasteiger partial charge in [-0.1, -0.05) is 18.2 Å². The predicted octanol–water partition coefficient (Wildman–Crippen LogP) is 1.95. The van der Waals surface area contributed by atoms with Gasteiger partial charge in [0.1, 0.15) is 0 Å². The van der Waals surface area contributed by atoms with E-state index in [0.29, 0.717) is 0 Å². The standard InChI is InChI=1S/C15H16N4O/c1-17-11-4-2-3-9(7-11)14(16)10-5-6-12-13(8-10)19-15(20)18-12/h2-8,14,17H,16H2,1H3,(H2,18,19,20). The van der Waals surface area contributed by atoms with Crippen molar-refractivity contribution in [2.75, 3.05) is 12.4 Å². The van der Waals surface area contributed by atoms with Gasteiger partial charge < -0.3 is 21.0 Å². The lowest BCUT2D eigenvalue weighted by Crippen LogP contribution is -2.12. The number of nitrogens with two attached hydrogens (primary N) is 1. The van der Waals surface area contributed by atoms with Crippen LogP contribution in [-0.4, -0.2) is 17.0 Å². The first-order chi connectivity index (χ1) is 9.67. The molecule has 5 nitrogen and oxygen atoms in total. The monoisotopic (exact) mass is 268 g/mol. The van der Waals surface area contributed by atoms with Gasteiger partial charge in [-0.25, -0.2) is 4.79 Å². The third kappa shape index (κ3) is 2.19. The highest BCUT2D eigenvalue weighted by Gasteiger charge is 2.10. The summed E-state index contributed by atoms with van der Waals surface area (Å²) in [6, 6.07) is 13.5. The molecule has 2 aromatic carbocycles. The summed E-state index contributed by atoms with van der Waals surface area (Å²) in [6.07, 6.45) is 0. The van der Waals surface area contributed by atoms with Gasteiger partial charge in [0.2, 0.25) is 0 Å². The number of imidazole rings is 1. The van der Waals surface area contributed by atoms with Crippen LogP contribution in [0, 0.1) is 0 Å². The molecule has 0 fully saturated rings. The molecule has 20 heavy (non-hydrogen) atoms. The fraction of sp³-hybridized carbons (Fsp3) is 0.133. The highest BCUT2D eigenvalue weighted by atomic mass is 16.1. The lowest BCUT2D eigenvalue weighted by atomic mass is 9.99. The molecule has 0 saturated carbocycles. The second-order valence-electron chi connectivity index (χ2n) is 4.74. The van der Waals surface area contributed by atoms with Crippen LogP contribution in [0.2, 0.25) is 0 Å². The molecule has 3 rings (SSSR count). The van der Waals surface area contributed by atoms with Crippen LogP contribution in [0.1, 0.15) is 17.2 Å². The maximum atomic E-state index is 11.3. The summed E-state index contributed by atoms with van der Waals surface area (Å²) in [5, 5.41) is 3.10. The molecule has 0 radical (unpaired) electrons. The van der Waals surface area contributed by atoms with Crippen LogP contribution in [0.4, 0.5) is 5.69 Å². The molecule has 0 saturated heterocycles. The molecule has 5 heteroatoms. The number of anilines is 1. The van der Waals surface area contributed by atoms with E-state index in [1.807, 2.05) is 49.5 Å². The fourth-order valence-electron chi connectivity index (χ4n) is 2.32. The van der Waals surface area contributed by atoms with Crippen molar-refractivity contribution >= 4 is 16.7 Å². The molecule has 0 aliphatic rings. The van der Waals surface area contributed by atoms with Gasteiger partial charge in [0.15, 0.2) is 0 Å². The van der Waals surface area contributed by atoms with E-state index in [2.05, 4.69) is 15.3 Å². The number of hydrogen-bond acceptors (Lipinski definition) is 3. The Hall–Kier alpha value is -2.53. The number of rotatable bonds is 3. The molecule has 3 aromatic rings. The smallest absolute Gasteiger partial charge is 0.323 e. The van der Waals surface area contributed by atoms with E-state index in [1.54, 1.807) is 0 Å². The van der Waals surface area contributed by atoms with E-state index in [1.165, 1.54) is 0 Å². The van der Waals surface area contributed by atoms with Gasteiger partial charge in [-0.3, -0.25) is 0 Å². The summed E-state index contributed by atoms with van der Waals surface area (Å²) < 4.78 is 0. The number of aromatic nitrogens is 2. The number of H-pyrrole nitrogens is 2. The van der Waals surface area contributed by atoms with Crippen molar-refractivity contribution in [1.82, 2.24) is 9.97 Å². The Morgan fingerprint density at radius 3 is 2.60 bits per heavy atom. The first kappa shape index (κ1) is 12.5. The van der Waals surface area contributed by atoms with E-state index in [9.17, 15) is 4.79 Å². The first-order valence-electron chi connectivity index (χ1n) is 6.42. The van der Waals surface area contributed by atoms with Crippen molar-refractivity contribution in [3.8, 4) is 0 Å². The van der Waals surface area contributed by atoms with Crippen molar-refractivity contribution in [3.05, 3.63) is 64.1 Å². The molecule has 0 bridgehead atoms. The van der Waals surface area contributed by atoms with Gasteiger partial charge in [-0.15, -0.1) is 0 Å². The van der Waals surface area contributed by atoms with Crippen molar-refractivity contribution in [3.63, 3.8) is 0 Å². The molecule has 1 heterocycles. The molecule has 0 spiro atoms. The van der Waals surface area contributed by atoms with E-state index < -0.39 is 0 Å². The molecule has 102 valence electrons. The first-order valence-corrected chi connectivity index (χ1v) is 6.42. The number of nitrogens with one attached hydrogen (secondary N) is 3. The minimum atomic E-state index is -0.230. The Balaban J connectivity index is 2.02. The molecule has 0 aliphatic heterocycles. The van der Waals surface area contributed by atoms with E-state index in [-0.39, 0.29) is 11.7 Å². The highest BCUT2D eigenvalue weighted by molar-refractivity contribution is 5.75. The normalized spacial score (nSPS) is 12.5. The fourth-order valence-corrected chi connectivity index (χ4v) is 2.32. The van der Waals surface area contributed by atoms with Crippen LogP contribution in [0.25, 0.3) is 11.0 Å². The summed E-state index contributed by atoms with van der Waals surface area (Å²) in [4.78, 5) is 16.7. The maximum absolute atomic E-state index is 11.3. The zero-order valence-electron chi connectivity index (χ0n) is 11.1. The third-order valence-corrected chi connectivity index (χ3v) is 3.43. The topological polar surface area (TPSA) is 86.7 Å². The Morgan fingerprint density at radius 1 is 1.05 bits per heavy atom. The largest absolute Gasteiger partial charge is 0.388 e. The van der Waals surface area contributed by atoms with Crippen LogP contribution in [0.5, 0.6) is 0 Å². The molecule has 0 aliphatic carbocycles. The lowest BCUT2D eigenvalue weighted by Gasteiger charge is -2.14. The third-order valence-electron chi connectivity index (χ3n) is 3.43. The van der Waals surface area contributed by atoms with Crippen LogP contribution in [0.15, 0.2) is 47.3 Å². The van der Waals surface area contributed by atoms with Crippen LogP contribution in [-0.2, 0) is 0 Å². The van der Waals surface area contributed by atoms with Crippen molar-refractivity contribution in [1.29, 1.82) is 0 Å². The second kappa shape index (κ2) is 4.86. The minimum absolute atomic E-state index is 0.206. The molecule has 1 unspecified atom stereocenters. The van der Waals surface area contributed by atoms with Gasteiger partial charge in [0.05, 0.1) is 17.1 Å². The molecular formula is C15H16N4O. The average Bonchev–Trinajstić information content (AvgIpc) is 2.85. The van der Waals surface area contributed by atoms with Gasteiger partial charge >= 0.3 is 5.69 Å². The molecule has 1 aromatic heterocycles. The van der Waals surface area contributed by atoms with Crippen LogP contribution >= 0.6 is 0 Å². The molecular weight excluding hydrogens is 252 g/mol. The Labute approximate surface area is 115 Å². The highest BCUT2D eigenvalue weighted by Crippen LogP contribution is 2.23. The minimum Gasteiger partial charge on any atom is -0.388 e. The Bertz CT molecular complexity index is 803. The average molecular weight is 268 g/mol. The summed E-state index contributed by atoms with van der Waals surface area (Å²) in [5.74, 6) is 0. The predicted molar refractivity (Wildman–Crippen MR) is 80.9 cm³/mol. The van der Waals surface area contributed by atoms with Crippen LogP contribution in [0.3, 0.4) is 0 Å². The number of fused-ring (bicyclic) bond motifs is 1. The number of aromatic amines is 2. The van der Waals surface area contributed by atoms with Gasteiger partial charge in [0, 0.05) is 12.7 Å². The van der Waals surface area contributed by atoms with Gasteiger partial charge in [-0.05, 0) is 35.4 Å². The van der Waals surface area contributed by atoms with Crippen molar-refractivity contribution < 1.29 is 0 Å². The molecule has 0 amide bonds. The van der Waals surface area contributed by atoms with E-state index in [4.69, 9.17) is 5.73 Å². The molecule has 5 N–H and O–H groups in total. The van der Waals surface area contributed by atoms with E-state index in [0.717, 1.165) is 27.8 Å². The summed E-state index contributed by atoms with van der Waals surface area (Å²) in [5.41, 5.74) is 10.7. The lowest BCUT2D eigenvalue weighted by molar-refractivity contribution is 0.873. The van der Waals surface area contributed by atoms with E-state index >= 15 is 0 Å². The van der Waals surface area contributed by atoms with Crippen molar-refractivity contribution in [2.45, 2.75) is 6.04 Å².